The van der Waals surface area contributed by atoms with Crippen LogP contribution in [0.5, 0.6) is 0 Å². The number of H-pyrrole nitrogens is 1. The van der Waals surface area contributed by atoms with Gasteiger partial charge < -0.3 is 9.88 Å². The Bertz CT molecular complexity index is 3410. The highest BCUT2D eigenvalue weighted by molar-refractivity contribution is 7.86. The number of benzene rings is 4. The van der Waals surface area contributed by atoms with Crippen LogP contribution < -0.4 is 0 Å². The zero-order chi connectivity index (χ0) is 46.2. The molecule has 1 aromatic heterocycles. The molecule has 16 nitrogen and oxygen atoms in total. The lowest BCUT2D eigenvalue weighted by molar-refractivity contribution is 0.336. The van der Waals surface area contributed by atoms with Gasteiger partial charge in [-0.25, -0.2) is 0 Å². The van der Waals surface area contributed by atoms with Gasteiger partial charge in [-0.05, 0) is 121 Å². The summed E-state index contributed by atoms with van der Waals surface area (Å²) < 4.78 is 136. The fourth-order valence-corrected chi connectivity index (χ4v) is 11.3. The first-order chi connectivity index (χ1) is 30.6. The number of aromatic nitrogens is 1. The minimum absolute atomic E-state index is 0.261. The van der Waals surface area contributed by atoms with Gasteiger partial charge in [-0.1, -0.05) is 48.5 Å². The lowest BCUT2D eigenvalue weighted by atomic mass is 9.84. The van der Waals surface area contributed by atoms with Crippen LogP contribution in [0.4, 0.5) is 0 Å². The van der Waals surface area contributed by atoms with Crippen LogP contribution in [0.3, 0.4) is 0 Å². The van der Waals surface area contributed by atoms with Crippen molar-refractivity contribution in [2.24, 2.45) is 9.98 Å². The van der Waals surface area contributed by atoms with Crippen LogP contribution in [0.1, 0.15) is 78.1 Å². The zero-order valence-corrected chi connectivity index (χ0v) is 37.6. The average Bonchev–Trinajstić information content (AvgIpc) is 4.09. The molecule has 2 atom stereocenters. The van der Waals surface area contributed by atoms with Gasteiger partial charge in [0.25, 0.3) is 40.5 Å². The number of hydrogen-bond donors (Lipinski definition) is 5. The number of nitrogens with zero attached hydrogens (tertiary/aromatic N) is 3. The fourth-order valence-electron chi connectivity index (χ4n) is 9.36. The molecule has 5 aromatic rings. The molecule has 0 aliphatic carbocycles. The first kappa shape index (κ1) is 44.4. The van der Waals surface area contributed by atoms with Crippen LogP contribution in [0.25, 0.3) is 16.7 Å². The number of hydrogen-bond acceptors (Lipinski definition) is 11. The van der Waals surface area contributed by atoms with Crippen LogP contribution >= 0.6 is 0 Å². The molecular weight excluding hydrogens is 917 g/mol. The third-order valence-electron chi connectivity index (χ3n) is 12.3. The van der Waals surface area contributed by atoms with Gasteiger partial charge in [0.15, 0.2) is 0 Å². The molecule has 4 aromatic carbocycles. The number of allylic oxidation sites excluding steroid dienone is 4. The van der Waals surface area contributed by atoms with E-state index in [9.17, 15) is 51.9 Å². The minimum atomic E-state index is -4.52. The van der Waals surface area contributed by atoms with E-state index in [-0.39, 0.29) is 25.6 Å². The van der Waals surface area contributed by atoms with Crippen LogP contribution in [0.2, 0.25) is 0 Å². The Morgan fingerprint density at radius 2 is 0.892 bits per heavy atom. The lowest BCUT2D eigenvalue weighted by Crippen LogP contribution is -2.35. The van der Waals surface area contributed by atoms with E-state index in [1.165, 1.54) is 48.5 Å². The van der Waals surface area contributed by atoms with E-state index in [1.807, 2.05) is 19.2 Å². The van der Waals surface area contributed by atoms with Gasteiger partial charge in [0.2, 0.25) is 0 Å². The molecule has 0 saturated carbocycles. The zero-order valence-electron chi connectivity index (χ0n) is 34.3. The van der Waals surface area contributed by atoms with Crippen molar-refractivity contribution in [3.63, 3.8) is 0 Å². The molecule has 20 heteroatoms. The normalized spacial score (nSPS) is 22.9. The third-order valence-corrected chi connectivity index (χ3v) is 15.8. The molecule has 5 heterocycles. The van der Waals surface area contributed by atoms with Crippen molar-refractivity contribution >= 4 is 68.6 Å². The topological polar surface area (TPSA) is 261 Å². The summed E-state index contributed by atoms with van der Waals surface area (Å²) in [6.07, 6.45) is 2.94. The smallest absolute Gasteiger partial charge is 0.294 e. The lowest BCUT2D eigenvalue weighted by Gasteiger charge is -2.32. The highest BCUT2D eigenvalue weighted by atomic mass is 32.2. The van der Waals surface area contributed by atoms with Gasteiger partial charge in [-0.2, -0.15) is 33.7 Å². The standard InChI is InChI=1S/C45H40N4O12S4/c1-49-40-24-25-41(49)45(29-8-16-33(17-9-29)65(59,60)61)39-23-21-37(48-39)43(27-4-12-31(13-5-27)63(53,54)55)35-19-18-34(46-35)42(26-2-10-30(11-3-26)62(50,51)52)36-20-22-38(47-36)44(40)28-6-14-32(15-7-28)64(56,57)58/h2-19,40,44,46H,20-25H2,1H3,(H,50,51,52)(H,53,54,55)(H,56,57,58)(H,59,60,61)/b42-36-,43-37-,45-41-. The molecule has 0 amide bonds. The van der Waals surface area contributed by atoms with Crippen molar-refractivity contribution < 1.29 is 51.9 Å². The van der Waals surface area contributed by atoms with Crippen molar-refractivity contribution in [3.05, 3.63) is 160 Å². The Hall–Kier alpha value is -5.84. The summed E-state index contributed by atoms with van der Waals surface area (Å²) in [6.45, 7) is 0. The molecule has 2 unspecified atom stereocenters. The summed E-state index contributed by atoms with van der Waals surface area (Å²) in [4.78, 5) is 15.1. The van der Waals surface area contributed by atoms with Crippen molar-refractivity contribution in [3.8, 4) is 0 Å². The van der Waals surface area contributed by atoms with Crippen LogP contribution in [0.15, 0.2) is 156 Å². The van der Waals surface area contributed by atoms with E-state index in [4.69, 9.17) is 9.98 Å². The molecule has 65 heavy (non-hydrogen) atoms. The number of likely N-dealkylation sites (N-methyl/N-ethyl adjacent to an activating group) is 1. The average molecular weight is 957 g/mol. The molecule has 336 valence electrons. The van der Waals surface area contributed by atoms with Gasteiger partial charge in [0, 0.05) is 58.5 Å². The van der Waals surface area contributed by atoms with E-state index >= 15 is 0 Å². The summed E-state index contributed by atoms with van der Waals surface area (Å²) in [5, 5.41) is 0. The molecule has 4 aliphatic rings. The maximum atomic E-state index is 12.1. The Balaban J connectivity index is 1.32. The van der Waals surface area contributed by atoms with E-state index < -0.39 is 46.4 Å². The number of nitrogens with one attached hydrogen (secondary N) is 1. The molecule has 1 fully saturated rings. The van der Waals surface area contributed by atoms with Crippen molar-refractivity contribution in [2.45, 2.75) is 70.1 Å². The van der Waals surface area contributed by atoms with Gasteiger partial charge in [-0.3, -0.25) is 28.2 Å². The molecule has 9 rings (SSSR count). The highest BCUT2D eigenvalue weighted by Crippen LogP contribution is 2.46. The maximum absolute atomic E-state index is 12.1. The van der Waals surface area contributed by atoms with E-state index in [0.717, 1.165) is 22.5 Å². The van der Waals surface area contributed by atoms with Gasteiger partial charge >= 0.3 is 0 Å². The maximum Gasteiger partial charge on any atom is 0.294 e. The Morgan fingerprint density at radius 1 is 0.492 bits per heavy atom. The first-order valence-corrected chi connectivity index (χ1v) is 26.0. The summed E-state index contributed by atoms with van der Waals surface area (Å²) in [6, 6.07) is 26.8. The SMILES string of the molecule is CN1/C2=C(/c3ccc(S(=O)(=O)O)cc3)C3=N/C(=C(/c4ccc(S(=O)(=O)O)cc4)c4ccc([nH]4)/C(c4ccc(S(=O)(=O)O)cc4)=C4/CCC(=N4)C(c4ccc(S(=O)(=O)O)cc4)C1CC2)CC3. The second-order valence-electron chi connectivity index (χ2n) is 16.1. The quantitative estimate of drug-likeness (QED) is 0.0958. The number of aromatic amines is 1. The van der Waals surface area contributed by atoms with Crippen molar-refractivity contribution in [2.75, 3.05) is 7.05 Å². The number of rotatable bonds is 8. The Kier molecular flexibility index (Phi) is 11.1. The first-order valence-electron chi connectivity index (χ1n) is 20.2. The van der Waals surface area contributed by atoms with E-state index in [2.05, 4.69) is 9.88 Å². The predicted molar refractivity (Wildman–Crippen MR) is 242 cm³/mol. The second kappa shape index (κ2) is 16.2. The van der Waals surface area contributed by atoms with Crippen LogP contribution in [-0.4, -0.2) is 86.3 Å². The van der Waals surface area contributed by atoms with Gasteiger partial charge in [0.05, 0.1) is 36.7 Å². The summed E-state index contributed by atoms with van der Waals surface area (Å²) in [7, 11) is -16.1. The molecule has 0 spiro atoms. The summed E-state index contributed by atoms with van der Waals surface area (Å²) in [5.74, 6) is -0.415. The molecule has 8 bridgehead atoms. The van der Waals surface area contributed by atoms with Gasteiger partial charge in [-0.15, -0.1) is 0 Å². The molecule has 5 N–H and O–H groups in total. The molecule has 4 aliphatic heterocycles. The Labute approximate surface area is 375 Å². The van der Waals surface area contributed by atoms with Crippen LogP contribution in [-0.2, 0) is 40.5 Å². The third kappa shape index (κ3) is 8.59. The monoisotopic (exact) mass is 956 g/mol. The van der Waals surface area contributed by atoms with Crippen LogP contribution in [0, 0.1) is 0 Å². The van der Waals surface area contributed by atoms with E-state index in [0.29, 0.717) is 94.9 Å². The number of aliphatic imine (C=N–C) groups is 2. The largest absolute Gasteiger partial charge is 0.373 e. The summed E-state index contributed by atoms with van der Waals surface area (Å²) >= 11 is 0. The Morgan fingerprint density at radius 3 is 1.34 bits per heavy atom. The number of fused-ring (bicyclic) bond motifs is 6. The van der Waals surface area contributed by atoms with E-state index in [1.54, 1.807) is 48.5 Å². The second-order valence-corrected chi connectivity index (χ2v) is 21.8. The fraction of sp³-hybridized carbons (Fsp3) is 0.200. The van der Waals surface area contributed by atoms with Crippen molar-refractivity contribution in [1.29, 1.82) is 0 Å². The summed E-state index contributed by atoms with van der Waals surface area (Å²) in [5.41, 5.74) is 9.37. The predicted octanol–water partition coefficient (Wildman–Crippen LogP) is 7.29. The molecule has 0 radical (unpaired) electrons. The van der Waals surface area contributed by atoms with Gasteiger partial charge in [0.1, 0.15) is 0 Å². The molecular formula is C45H40N4O12S4. The minimum Gasteiger partial charge on any atom is -0.373 e. The molecule has 1 saturated heterocycles. The highest BCUT2D eigenvalue weighted by Gasteiger charge is 2.40. The van der Waals surface area contributed by atoms with Crippen molar-refractivity contribution in [1.82, 2.24) is 9.88 Å².